The molecule has 0 aromatic rings. The summed E-state index contributed by atoms with van der Waals surface area (Å²) in [5, 5.41) is 0. The van der Waals surface area contributed by atoms with E-state index in [4.69, 9.17) is 9.47 Å². The lowest BCUT2D eigenvalue weighted by Gasteiger charge is -2.32. The Morgan fingerprint density at radius 1 is 1.33 bits per heavy atom. The van der Waals surface area contributed by atoms with Crippen LogP contribution in [0.5, 0.6) is 0 Å². The molecule has 0 radical (unpaired) electrons. The summed E-state index contributed by atoms with van der Waals surface area (Å²) in [6.07, 6.45) is 0.621. The topological polar surface area (TPSA) is 69.7 Å². The van der Waals surface area contributed by atoms with Gasteiger partial charge in [-0.15, -0.1) is 0 Å². The Labute approximate surface area is 124 Å². The van der Waals surface area contributed by atoms with Crippen LogP contribution >= 0.6 is 0 Å². The third-order valence-corrected chi connectivity index (χ3v) is 5.69. The molecule has 1 heterocycles. The molecule has 1 saturated heterocycles. The summed E-state index contributed by atoms with van der Waals surface area (Å²) in [4.78, 5) is 36.2. The maximum atomic E-state index is 12.3. The lowest BCUT2D eigenvalue weighted by atomic mass is 9.76. The van der Waals surface area contributed by atoms with Crippen LogP contribution in [0.2, 0.25) is 0 Å². The molecule has 1 aliphatic heterocycles. The number of ether oxygens (including phenoxy) is 2. The molecule has 2 aliphatic carbocycles. The van der Waals surface area contributed by atoms with Crippen molar-refractivity contribution in [2.75, 3.05) is 0 Å². The highest BCUT2D eigenvalue weighted by Crippen LogP contribution is 2.59. The van der Waals surface area contributed by atoms with E-state index in [-0.39, 0.29) is 47.5 Å². The summed E-state index contributed by atoms with van der Waals surface area (Å²) in [7, 11) is 0. The number of esters is 2. The second-order valence-electron chi connectivity index (χ2n) is 7.23. The van der Waals surface area contributed by atoms with Crippen molar-refractivity contribution in [1.29, 1.82) is 0 Å². The Bertz CT molecular complexity index is 509. The molecule has 0 aromatic heterocycles. The minimum absolute atomic E-state index is 0.000556. The third kappa shape index (κ3) is 1.93. The van der Waals surface area contributed by atoms with E-state index in [1.807, 2.05) is 20.8 Å². The molecule has 0 spiro atoms. The van der Waals surface area contributed by atoms with Crippen LogP contribution in [0.3, 0.4) is 0 Å². The van der Waals surface area contributed by atoms with Crippen molar-refractivity contribution in [3.8, 4) is 0 Å². The predicted molar refractivity (Wildman–Crippen MR) is 73.1 cm³/mol. The van der Waals surface area contributed by atoms with Crippen LogP contribution in [-0.4, -0.2) is 29.9 Å². The largest absolute Gasteiger partial charge is 0.458 e. The van der Waals surface area contributed by atoms with E-state index in [9.17, 15) is 14.4 Å². The fourth-order valence-corrected chi connectivity index (χ4v) is 4.13. The Morgan fingerprint density at radius 3 is 2.57 bits per heavy atom. The molecule has 5 heteroatoms. The zero-order valence-corrected chi connectivity index (χ0v) is 12.9. The lowest BCUT2D eigenvalue weighted by molar-refractivity contribution is -0.171. The minimum Gasteiger partial charge on any atom is -0.458 e. The summed E-state index contributed by atoms with van der Waals surface area (Å²) >= 11 is 0. The lowest BCUT2D eigenvalue weighted by Crippen LogP contribution is -2.44. The fraction of sp³-hybridized carbons (Fsp3) is 0.812. The first-order valence-corrected chi connectivity index (χ1v) is 7.70. The molecule has 0 aromatic carbocycles. The highest BCUT2D eigenvalue weighted by atomic mass is 16.6. The molecule has 3 rings (SSSR count). The van der Waals surface area contributed by atoms with Gasteiger partial charge in [0.25, 0.3) is 0 Å². The Balaban J connectivity index is 1.84. The summed E-state index contributed by atoms with van der Waals surface area (Å²) < 4.78 is 11.1. The van der Waals surface area contributed by atoms with Gasteiger partial charge in [0.15, 0.2) is 0 Å². The number of fused-ring (bicyclic) bond motifs is 1. The SMILES string of the molecule is CCC(C)(C)C(=O)OC1C2CC3C1OC(=O)C3C2C(C)=O. The third-order valence-electron chi connectivity index (χ3n) is 5.69. The molecule has 3 aliphatic rings. The van der Waals surface area contributed by atoms with Gasteiger partial charge in [0, 0.05) is 17.8 Å². The fourth-order valence-electron chi connectivity index (χ4n) is 4.13. The minimum atomic E-state index is -0.560. The first-order valence-electron chi connectivity index (χ1n) is 7.70. The van der Waals surface area contributed by atoms with Gasteiger partial charge >= 0.3 is 11.9 Å². The summed E-state index contributed by atoms with van der Waals surface area (Å²) in [5.41, 5.74) is -0.560. The summed E-state index contributed by atoms with van der Waals surface area (Å²) in [6, 6.07) is 0. The summed E-state index contributed by atoms with van der Waals surface area (Å²) in [5.74, 6) is -1.24. The second kappa shape index (κ2) is 4.55. The standard InChI is InChI=1S/C16H22O5/c1-5-16(3,4)15(19)21-13-8-6-9-11(10(8)7(2)17)14(18)20-12(9)13/h8-13H,5-6H2,1-4H3. The van der Waals surface area contributed by atoms with Gasteiger partial charge in [-0.05, 0) is 33.6 Å². The van der Waals surface area contributed by atoms with E-state index in [2.05, 4.69) is 0 Å². The zero-order valence-electron chi connectivity index (χ0n) is 12.9. The van der Waals surface area contributed by atoms with Crippen molar-refractivity contribution >= 4 is 17.7 Å². The van der Waals surface area contributed by atoms with Crippen molar-refractivity contribution in [3.63, 3.8) is 0 Å². The maximum absolute atomic E-state index is 12.3. The van der Waals surface area contributed by atoms with Gasteiger partial charge < -0.3 is 9.47 Å². The van der Waals surface area contributed by atoms with E-state index in [1.54, 1.807) is 0 Å². The van der Waals surface area contributed by atoms with Crippen LogP contribution in [0, 0.1) is 29.1 Å². The highest BCUT2D eigenvalue weighted by Gasteiger charge is 2.69. The molecule has 5 nitrogen and oxygen atoms in total. The van der Waals surface area contributed by atoms with Crippen LogP contribution in [0.4, 0.5) is 0 Å². The molecule has 6 unspecified atom stereocenters. The van der Waals surface area contributed by atoms with Crippen LogP contribution in [0.15, 0.2) is 0 Å². The molecule has 21 heavy (non-hydrogen) atoms. The first-order chi connectivity index (χ1) is 9.77. The molecule has 0 N–H and O–H groups in total. The summed E-state index contributed by atoms with van der Waals surface area (Å²) in [6.45, 7) is 7.13. The van der Waals surface area contributed by atoms with Crippen LogP contribution in [0.25, 0.3) is 0 Å². The molecule has 2 saturated carbocycles. The molecule has 2 bridgehead atoms. The van der Waals surface area contributed by atoms with Gasteiger partial charge in [0.2, 0.25) is 0 Å². The van der Waals surface area contributed by atoms with Gasteiger partial charge in [-0.3, -0.25) is 14.4 Å². The normalized spacial score (nSPS) is 40.3. The first kappa shape index (κ1) is 14.5. The number of Topliss-reactive ketones (excluding diaryl/α,β-unsaturated/α-hetero) is 1. The van der Waals surface area contributed by atoms with E-state index in [0.29, 0.717) is 6.42 Å². The number of hydrogen-bond donors (Lipinski definition) is 0. The molecule has 0 amide bonds. The van der Waals surface area contributed by atoms with Crippen molar-refractivity contribution < 1.29 is 23.9 Å². The Morgan fingerprint density at radius 2 is 2.00 bits per heavy atom. The average Bonchev–Trinajstić information content (AvgIpc) is 3.01. The van der Waals surface area contributed by atoms with Gasteiger partial charge in [-0.25, -0.2) is 0 Å². The van der Waals surface area contributed by atoms with Gasteiger partial charge in [0.1, 0.15) is 18.0 Å². The average molecular weight is 294 g/mol. The van der Waals surface area contributed by atoms with E-state index < -0.39 is 11.5 Å². The predicted octanol–water partition coefficient (Wildman–Crippen LogP) is 1.73. The molecular formula is C16H22O5. The van der Waals surface area contributed by atoms with Crippen molar-refractivity contribution in [2.45, 2.75) is 52.7 Å². The molecule has 116 valence electrons. The highest BCUT2D eigenvalue weighted by molar-refractivity contribution is 5.88. The number of hydrogen-bond acceptors (Lipinski definition) is 5. The van der Waals surface area contributed by atoms with E-state index in [1.165, 1.54) is 6.92 Å². The quantitative estimate of drug-likeness (QED) is 0.739. The van der Waals surface area contributed by atoms with Gasteiger partial charge in [-0.1, -0.05) is 6.92 Å². The molecule has 6 atom stereocenters. The number of carbonyl (C=O) groups is 3. The number of rotatable bonds is 4. The number of ketones is 1. The Kier molecular flexibility index (Phi) is 3.15. The van der Waals surface area contributed by atoms with Crippen molar-refractivity contribution in [3.05, 3.63) is 0 Å². The zero-order chi connectivity index (χ0) is 15.5. The van der Waals surface area contributed by atoms with E-state index in [0.717, 1.165) is 6.42 Å². The number of carbonyl (C=O) groups excluding carboxylic acids is 3. The smallest absolute Gasteiger partial charge is 0.311 e. The second-order valence-corrected chi connectivity index (χ2v) is 7.23. The Hall–Kier alpha value is -1.39. The van der Waals surface area contributed by atoms with E-state index >= 15 is 0 Å². The molecular weight excluding hydrogens is 272 g/mol. The van der Waals surface area contributed by atoms with Crippen LogP contribution < -0.4 is 0 Å². The monoisotopic (exact) mass is 294 g/mol. The van der Waals surface area contributed by atoms with Crippen molar-refractivity contribution in [2.24, 2.45) is 29.1 Å². The van der Waals surface area contributed by atoms with Crippen LogP contribution in [-0.2, 0) is 23.9 Å². The van der Waals surface area contributed by atoms with Gasteiger partial charge in [0.05, 0.1) is 11.3 Å². The molecule has 3 fully saturated rings. The maximum Gasteiger partial charge on any atom is 0.311 e. The van der Waals surface area contributed by atoms with Crippen LogP contribution in [0.1, 0.15) is 40.5 Å². The van der Waals surface area contributed by atoms with Crippen molar-refractivity contribution in [1.82, 2.24) is 0 Å². The van der Waals surface area contributed by atoms with Gasteiger partial charge in [-0.2, -0.15) is 0 Å².